The van der Waals surface area contributed by atoms with Gasteiger partial charge in [-0.2, -0.15) is 0 Å². The predicted octanol–water partition coefficient (Wildman–Crippen LogP) is 1.20. The molecule has 8 heavy (non-hydrogen) atoms. The van der Waals surface area contributed by atoms with E-state index in [9.17, 15) is 0 Å². The van der Waals surface area contributed by atoms with Crippen LogP contribution in [0, 0.1) is 0 Å². The van der Waals surface area contributed by atoms with Crippen molar-refractivity contribution in [1.29, 1.82) is 0 Å². The zero-order chi connectivity index (χ0) is 6.41. The monoisotopic (exact) mass is 128 g/mol. The van der Waals surface area contributed by atoms with Gasteiger partial charge in [-0.3, -0.25) is 0 Å². The molecule has 0 spiro atoms. The molecule has 1 N–H and O–H groups in total. The third-order valence-electron chi connectivity index (χ3n) is 0.884. The average molecular weight is 128 g/mol. The van der Waals surface area contributed by atoms with Gasteiger partial charge >= 0.3 is 0 Å². The van der Waals surface area contributed by atoms with Crippen LogP contribution >= 0.6 is 0 Å². The molecule has 0 aliphatic rings. The zero-order valence-electron chi connectivity index (χ0n) is 5.02. The van der Waals surface area contributed by atoms with Crippen LogP contribution in [-0.4, -0.2) is 21.2 Å². The van der Waals surface area contributed by atoms with E-state index in [-0.39, 0.29) is 0 Å². The smallest absolute Gasteiger partial charge is 0.0537 e. The molecule has 0 aliphatic carbocycles. The van der Waals surface area contributed by atoms with E-state index in [1.807, 2.05) is 6.92 Å². The second-order valence-electron chi connectivity index (χ2n) is 1.59. The van der Waals surface area contributed by atoms with Crippen LogP contribution in [0.25, 0.3) is 0 Å². The molecule has 3 heteroatoms. The third-order valence-corrected chi connectivity index (χ3v) is 1.29. The van der Waals surface area contributed by atoms with Crippen LogP contribution in [0.1, 0.15) is 19.8 Å². The summed E-state index contributed by atoms with van der Waals surface area (Å²) < 4.78 is 0. The minimum absolute atomic E-state index is 0.671. The second-order valence-corrected chi connectivity index (χ2v) is 1.95. The SMILES string of the molecule is CCC/C(C[Si])=N/O. The Bertz CT molecular complexity index is 82.5. The lowest BCUT2D eigenvalue weighted by Crippen LogP contribution is -1.94. The first kappa shape index (κ1) is 7.69. The first-order valence-electron chi connectivity index (χ1n) is 2.69. The average Bonchev–Trinajstić information content (AvgIpc) is 1.83. The van der Waals surface area contributed by atoms with Crippen molar-refractivity contribution in [3.8, 4) is 0 Å². The number of hydrogen-bond acceptors (Lipinski definition) is 2. The number of nitrogens with zero attached hydrogens (tertiary/aromatic N) is 1. The largest absolute Gasteiger partial charge is 0.411 e. The lowest BCUT2D eigenvalue weighted by Gasteiger charge is -1.93. The van der Waals surface area contributed by atoms with Gasteiger partial charge in [-0.25, -0.2) is 0 Å². The van der Waals surface area contributed by atoms with Gasteiger partial charge in [0.1, 0.15) is 0 Å². The summed E-state index contributed by atoms with van der Waals surface area (Å²) in [5, 5.41) is 11.3. The van der Waals surface area contributed by atoms with Crippen molar-refractivity contribution in [1.82, 2.24) is 0 Å². The molecule has 0 aliphatic heterocycles. The molecule has 0 aromatic heterocycles. The fourth-order valence-electron chi connectivity index (χ4n) is 0.462. The quantitative estimate of drug-likeness (QED) is 0.263. The van der Waals surface area contributed by atoms with Gasteiger partial charge in [-0.1, -0.05) is 18.5 Å². The molecule has 2 nitrogen and oxygen atoms in total. The second kappa shape index (κ2) is 4.84. The van der Waals surface area contributed by atoms with E-state index < -0.39 is 0 Å². The summed E-state index contributed by atoms with van der Waals surface area (Å²) in [6, 6.07) is 0.671. The van der Waals surface area contributed by atoms with E-state index in [2.05, 4.69) is 15.4 Å². The van der Waals surface area contributed by atoms with E-state index in [1.54, 1.807) is 0 Å². The molecule has 0 atom stereocenters. The molecule has 0 saturated carbocycles. The minimum Gasteiger partial charge on any atom is -0.411 e. The molecular weight excluding hydrogens is 118 g/mol. The van der Waals surface area contributed by atoms with E-state index >= 15 is 0 Å². The Labute approximate surface area is 53.0 Å². The third kappa shape index (κ3) is 2.79. The summed E-state index contributed by atoms with van der Waals surface area (Å²) in [6.45, 7) is 2.05. The van der Waals surface area contributed by atoms with Crippen molar-refractivity contribution in [2.45, 2.75) is 25.8 Å². The van der Waals surface area contributed by atoms with Crippen molar-refractivity contribution in [3.63, 3.8) is 0 Å². The number of rotatable bonds is 3. The van der Waals surface area contributed by atoms with Gasteiger partial charge in [-0.15, -0.1) is 0 Å². The maximum absolute atomic E-state index is 8.21. The Hall–Kier alpha value is -0.313. The van der Waals surface area contributed by atoms with Crippen molar-refractivity contribution in [2.24, 2.45) is 5.16 Å². The van der Waals surface area contributed by atoms with Gasteiger partial charge in [-0.05, 0) is 12.5 Å². The highest BCUT2D eigenvalue weighted by Crippen LogP contribution is 1.93. The fourth-order valence-corrected chi connectivity index (χ4v) is 0.710. The van der Waals surface area contributed by atoms with Crippen LogP contribution in [0.2, 0.25) is 6.04 Å². The Balaban J connectivity index is 3.38. The van der Waals surface area contributed by atoms with Gasteiger partial charge in [0.25, 0.3) is 0 Å². The Morgan fingerprint density at radius 3 is 2.50 bits per heavy atom. The van der Waals surface area contributed by atoms with Gasteiger partial charge in [0.2, 0.25) is 0 Å². The first-order valence-corrected chi connectivity index (χ1v) is 3.40. The van der Waals surface area contributed by atoms with Crippen LogP contribution in [-0.2, 0) is 0 Å². The van der Waals surface area contributed by atoms with E-state index in [0.29, 0.717) is 6.04 Å². The van der Waals surface area contributed by atoms with E-state index in [4.69, 9.17) is 5.21 Å². The normalized spacial score (nSPS) is 12.0. The molecule has 0 amide bonds. The summed E-state index contributed by atoms with van der Waals surface area (Å²) in [4.78, 5) is 0. The van der Waals surface area contributed by atoms with E-state index in [1.165, 1.54) is 0 Å². The molecule has 45 valence electrons. The van der Waals surface area contributed by atoms with Crippen LogP contribution in [0.3, 0.4) is 0 Å². The number of oxime groups is 1. The molecule has 0 saturated heterocycles. The molecule has 0 aromatic carbocycles. The highest BCUT2D eigenvalue weighted by molar-refractivity contribution is 6.21. The molecular formula is C5H10NOSi. The minimum atomic E-state index is 0.671. The molecule has 0 heterocycles. The Morgan fingerprint density at radius 2 is 2.38 bits per heavy atom. The predicted molar refractivity (Wildman–Crippen MR) is 34.7 cm³/mol. The van der Waals surface area contributed by atoms with Crippen molar-refractivity contribution < 1.29 is 5.21 Å². The molecule has 0 aromatic rings. The fraction of sp³-hybridized carbons (Fsp3) is 0.800. The highest BCUT2D eigenvalue weighted by atomic mass is 28.1. The zero-order valence-corrected chi connectivity index (χ0v) is 6.02. The summed E-state index contributed by atoms with van der Waals surface area (Å²) in [5.41, 5.74) is 0.809. The van der Waals surface area contributed by atoms with Crippen molar-refractivity contribution in [3.05, 3.63) is 0 Å². The standard InChI is InChI=1S/C5H10NOSi/c1-2-3-5(4-8)6-7/h7H,2-4H2,1H3/b6-5-. The van der Waals surface area contributed by atoms with Gasteiger partial charge in [0.05, 0.1) is 5.71 Å². The molecule has 0 fully saturated rings. The van der Waals surface area contributed by atoms with Crippen molar-refractivity contribution >= 4 is 16.0 Å². The molecule has 0 bridgehead atoms. The maximum Gasteiger partial charge on any atom is 0.0537 e. The van der Waals surface area contributed by atoms with Gasteiger partial charge in [0, 0.05) is 10.2 Å². The summed E-state index contributed by atoms with van der Waals surface area (Å²) in [7, 11) is 3.23. The molecule has 3 radical (unpaired) electrons. The summed E-state index contributed by atoms with van der Waals surface area (Å²) in [6.07, 6.45) is 1.91. The highest BCUT2D eigenvalue weighted by Gasteiger charge is 1.91. The molecule has 0 rings (SSSR count). The lowest BCUT2D eigenvalue weighted by molar-refractivity contribution is 0.317. The maximum atomic E-state index is 8.21. The summed E-state index contributed by atoms with van der Waals surface area (Å²) >= 11 is 0. The Morgan fingerprint density at radius 1 is 1.75 bits per heavy atom. The Kier molecular flexibility index (Phi) is 4.65. The van der Waals surface area contributed by atoms with E-state index in [0.717, 1.165) is 18.6 Å². The van der Waals surface area contributed by atoms with Gasteiger partial charge < -0.3 is 5.21 Å². The summed E-state index contributed by atoms with van der Waals surface area (Å²) in [5.74, 6) is 0. The first-order chi connectivity index (χ1) is 3.85. The molecule has 0 unspecified atom stereocenters. The van der Waals surface area contributed by atoms with Crippen LogP contribution in [0.4, 0.5) is 0 Å². The van der Waals surface area contributed by atoms with Crippen LogP contribution in [0.15, 0.2) is 5.16 Å². The lowest BCUT2D eigenvalue weighted by atomic mass is 10.2. The van der Waals surface area contributed by atoms with Crippen molar-refractivity contribution in [2.75, 3.05) is 0 Å². The van der Waals surface area contributed by atoms with Crippen LogP contribution < -0.4 is 0 Å². The van der Waals surface area contributed by atoms with Gasteiger partial charge in [0.15, 0.2) is 0 Å². The number of hydrogen-bond donors (Lipinski definition) is 1. The topological polar surface area (TPSA) is 32.6 Å². The van der Waals surface area contributed by atoms with Crippen LogP contribution in [0.5, 0.6) is 0 Å².